The highest BCUT2D eigenvalue weighted by Crippen LogP contribution is 2.44. The molecule has 1 heterocycles. The van der Waals surface area contributed by atoms with E-state index in [-0.39, 0.29) is 17.8 Å². The maximum absolute atomic E-state index is 13.5. The minimum atomic E-state index is -0.891. The second-order valence-corrected chi connectivity index (χ2v) is 8.26. The van der Waals surface area contributed by atoms with E-state index in [0.717, 1.165) is 24.8 Å². The lowest BCUT2D eigenvalue weighted by atomic mass is 9.75. The standard InChI is InChI=1S/C22H26BrNO4/c1-4-7-14-11-16(23)18(17(12-14)27-3)19-20(25)22(24-21(19)26)9-6-8-15(13-22)28-10-5-2/h11-12,15,19H,5-6,8-10,13H2,1-3H3,(H,24,26). The summed E-state index contributed by atoms with van der Waals surface area (Å²) in [6.45, 7) is 4.49. The highest BCUT2D eigenvalue weighted by molar-refractivity contribution is 9.10. The van der Waals surface area contributed by atoms with Crippen molar-refractivity contribution in [2.45, 2.75) is 63.5 Å². The summed E-state index contributed by atoms with van der Waals surface area (Å²) in [5.41, 5.74) is 0.492. The van der Waals surface area contributed by atoms with Crippen LogP contribution in [0.4, 0.5) is 0 Å². The Kier molecular flexibility index (Phi) is 6.47. The lowest BCUT2D eigenvalue weighted by molar-refractivity contribution is -0.127. The van der Waals surface area contributed by atoms with Gasteiger partial charge in [0.2, 0.25) is 5.91 Å². The molecule has 3 atom stereocenters. The van der Waals surface area contributed by atoms with Crippen molar-refractivity contribution in [2.75, 3.05) is 13.7 Å². The zero-order chi connectivity index (χ0) is 20.3. The van der Waals surface area contributed by atoms with Crippen molar-refractivity contribution in [3.63, 3.8) is 0 Å². The van der Waals surface area contributed by atoms with Crippen LogP contribution >= 0.6 is 15.9 Å². The molecule has 5 nitrogen and oxygen atoms in total. The van der Waals surface area contributed by atoms with E-state index in [4.69, 9.17) is 9.47 Å². The molecule has 1 saturated carbocycles. The van der Waals surface area contributed by atoms with E-state index >= 15 is 0 Å². The number of rotatable bonds is 5. The van der Waals surface area contributed by atoms with Crippen LogP contribution in [-0.4, -0.2) is 37.0 Å². The van der Waals surface area contributed by atoms with Gasteiger partial charge in [0.25, 0.3) is 0 Å². The maximum atomic E-state index is 13.5. The summed E-state index contributed by atoms with van der Waals surface area (Å²) < 4.78 is 12.1. The molecule has 1 N–H and O–H groups in total. The number of hydrogen-bond donors (Lipinski definition) is 1. The minimum absolute atomic E-state index is 0.00393. The van der Waals surface area contributed by atoms with Gasteiger partial charge in [0, 0.05) is 28.6 Å². The lowest BCUT2D eigenvalue weighted by Gasteiger charge is -2.36. The zero-order valence-electron chi connectivity index (χ0n) is 16.6. The van der Waals surface area contributed by atoms with Gasteiger partial charge >= 0.3 is 0 Å². The van der Waals surface area contributed by atoms with Crippen molar-refractivity contribution < 1.29 is 19.1 Å². The van der Waals surface area contributed by atoms with E-state index in [0.29, 0.717) is 35.2 Å². The Morgan fingerprint density at radius 2 is 2.14 bits per heavy atom. The van der Waals surface area contributed by atoms with Crippen molar-refractivity contribution in [3.05, 3.63) is 27.7 Å². The molecule has 1 aromatic carbocycles. The first-order chi connectivity index (χ1) is 13.5. The summed E-state index contributed by atoms with van der Waals surface area (Å²) in [6.07, 6.45) is 3.91. The SMILES string of the molecule is CC#Cc1cc(Br)c(C2C(=O)NC3(CCCC(OCCC)C3)C2=O)c(OC)c1. The first-order valence-electron chi connectivity index (χ1n) is 9.74. The van der Waals surface area contributed by atoms with E-state index in [1.165, 1.54) is 7.11 Å². The zero-order valence-corrected chi connectivity index (χ0v) is 18.1. The van der Waals surface area contributed by atoms with Crippen LogP contribution in [0.3, 0.4) is 0 Å². The highest BCUT2D eigenvalue weighted by atomic mass is 79.9. The summed E-state index contributed by atoms with van der Waals surface area (Å²) in [6, 6.07) is 3.60. The highest BCUT2D eigenvalue weighted by Gasteiger charge is 2.55. The number of nitrogens with one attached hydrogen (secondary N) is 1. The number of benzene rings is 1. The Labute approximate surface area is 174 Å². The summed E-state index contributed by atoms with van der Waals surface area (Å²) in [5, 5.41) is 3.02. The first-order valence-corrected chi connectivity index (χ1v) is 10.5. The molecule has 3 unspecified atom stereocenters. The lowest BCUT2D eigenvalue weighted by Crippen LogP contribution is -2.51. The van der Waals surface area contributed by atoms with Gasteiger partial charge in [-0.2, -0.15) is 0 Å². The Bertz CT molecular complexity index is 841. The van der Waals surface area contributed by atoms with E-state index in [9.17, 15) is 9.59 Å². The van der Waals surface area contributed by atoms with Crippen molar-refractivity contribution in [1.29, 1.82) is 0 Å². The summed E-state index contributed by atoms with van der Waals surface area (Å²) in [4.78, 5) is 26.4. The molecule has 0 aromatic heterocycles. The molecule has 2 aliphatic rings. The Hall–Kier alpha value is -1.84. The summed E-state index contributed by atoms with van der Waals surface area (Å²) >= 11 is 3.53. The first kappa shape index (κ1) is 20.9. The van der Waals surface area contributed by atoms with Gasteiger partial charge in [0.15, 0.2) is 5.78 Å². The molecule has 1 aromatic rings. The molecule has 150 valence electrons. The predicted molar refractivity (Wildman–Crippen MR) is 110 cm³/mol. The molecule has 1 saturated heterocycles. The van der Waals surface area contributed by atoms with Crippen LogP contribution < -0.4 is 10.1 Å². The van der Waals surface area contributed by atoms with Gasteiger partial charge in [-0.25, -0.2) is 0 Å². The molecule has 0 bridgehead atoms. The maximum Gasteiger partial charge on any atom is 0.236 e. The topological polar surface area (TPSA) is 64.6 Å². The molecule has 1 spiro atoms. The van der Waals surface area contributed by atoms with Crippen LogP contribution in [0.2, 0.25) is 0 Å². The Morgan fingerprint density at radius 1 is 1.36 bits per heavy atom. The minimum Gasteiger partial charge on any atom is -0.496 e. The van der Waals surface area contributed by atoms with Crippen molar-refractivity contribution in [3.8, 4) is 17.6 Å². The molecule has 28 heavy (non-hydrogen) atoms. The third kappa shape index (κ3) is 3.83. The quantitative estimate of drug-likeness (QED) is 0.551. The molecule has 1 aliphatic heterocycles. The number of ketones is 1. The van der Waals surface area contributed by atoms with Crippen LogP contribution in [-0.2, 0) is 14.3 Å². The van der Waals surface area contributed by atoms with E-state index in [1.807, 2.05) is 6.07 Å². The molecule has 3 rings (SSSR count). The second kappa shape index (κ2) is 8.67. The number of ether oxygens (including phenoxy) is 2. The molecule has 1 aliphatic carbocycles. The van der Waals surface area contributed by atoms with Crippen molar-refractivity contribution in [2.24, 2.45) is 0 Å². The molecule has 0 radical (unpaired) electrons. The Balaban J connectivity index is 1.95. The van der Waals surface area contributed by atoms with Gasteiger partial charge in [0.05, 0.1) is 13.2 Å². The van der Waals surface area contributed by atoms with Crippen LogP contribution in [0.1, 0.15) is 63.0 Å². The molecule has 6 heteroatoms. The smallest absolute Gasteiger partial charge is 0.236 e. The molecular formula is C22H26BrNO4. The van der Waals surface area contributed by atoms with Crippen LogP contribution in [0.5, 0.6) is 5.75 Å². The third-order valence-electron chi connectivity index (χ3n) is 5.49. The number of carbonyl (C=O) groups is 2. The van der Waals surface area contributed by atoms with Gasteiger partial charge < -0.3 is 14.8 Å². The number of halogens is 1. The van der Waals surface area contributed by atoms with E-state index < -0.39 is 11.5 Å². The van der Waals surface area contributed by atoms with Crippen LogP contribution in [0.15, 0.2) is 16.6 Å². The largest absolute Gasteiger partial charge is 0.496 e. The van der Waals surface area contributed by atoms with E-state index in [1.54, 1.807) is 13.0 Å². The van der Waals surface area contributed by atoms with Crippen LogP contribution in [0, 0.1) is 11.8 Å². The van der Waals surface area contributed by atoms with Gasteiger partial charge in [-0.1, -0.05) is 28.8 Å². The Morgan fingerprint density at radius 3 is 2.82 bits per heavy atom. The summed E-state index contributed by atoms with van der Waals surface area (Å²) in [5.74, 6) is 5.08. The average Bonchev–Trinajstić information content (AvgIpc) is 2.89. The predicted octanol–water partition coefficient (Wildman–Crippen LogP) is 3.72. The van der Waals surface area contributed by atoms with E-state index in [2.05, 4.69) is 40.0 Å². The van der Waals surface area contributed by atoms with Gasteiger partial charge in [-0.3, -0.25) is 9.59 Å². The number of amides is 1. The second-order valence-electron chi connectivity index (χ2n) is 7.41. The fourth-order valence-corrected chi connectivity index (χ4v) is 4.94. The van der Waals surface area contributed by atoms with Gasteiger partial charge in [0.1, 0.15) is 17.2 Å². The van der Waals surface area contributed by atoms with Gasteiger partial charge in [-0.15, -0.1) is 5.92 Å². The third-order valence-corrected chi connectivity index (χ3v) is 6.15. The monoisotopic (exact) mass is 447 g/mol. The van der Waals surface area contributed by atoms with Gasteiger partial charge in [-0.05, 0) is 44.7 Å². The van der Waals surface area contributed by atoms with Crippen molar-refractivity contribution in [1.82, 2.24) is 5.32 Å². The fourth-order valence-electron chi connectivity index (χ4n) is 4.27. The average molecular weight is 448 g/mol. The molecule has 1 amide bonds. The van der Waals surface area contributed by atoms with Crippen LogP contribution in [0.25, 0.3) is 0 Å². The fraction of sp³-hybridized carbons (Fsp3) is 0.545. The number of Topliss-reactive ketones (excluding diaryl/α,β-unsaturated/α-hetero) is 1. The molecular weight excluding hydrogens is 422 g/mol. The van der Waals surface area contributed by atoms with Crippen molar-refractivity contribution >= 4 is 27.6 Å². The summed E-state index contributed by atoms with van der Waals surface area (Å²) in [7, 11) is 1.54. The number of carbonyl (C=O) groups excluding carboxylic acids is 2. The number of methoxy groups -OCH3 is 1. The number of hydrogen-bond acceptors (Lipinski definition) is 4. The molecule has 2 fully saturated rings. The normalized spacial score (nSPS) is 26.7.